The lowest BCUT2D eigenvalue weighted by Gasteiger charge is -1.90. The van der Waals surface area contributed by atoms with Crippen molar-refractivity contribution in [3.63, 3.8) is 0 Å². The zero-order chi connectivity index (χ0) is 15.2. The summed E-state index contributed by atoms with van der Waals surface area (Å²) in [6.07, 6.45) is 28.1. The van der Waals surface area contributed by atoms with Gasteiger partial charge in [-0.05, 0) is 25.7 Å². The number of unbranched alkanes of at least 4 members (excludes halogenated alkanes) is 4. The molecule has 0 aromatic carbocycles. The third-order valence-electron chi connectivity index (χ3n) is 3.65. The Hall–Kier alpha value is -1.08. The Morgan fingerprint density at radius 3 is 2.43 bits per heavy atom. The van der Waals surface area contributed by atoms with Gasteiger partial charge in [0.25, 0.3) is 0 Å². The average Bonchev–Trinajstić information content (AvgIpc) is 3.24. The first-order chi connectivity index (χ1) is 10.4. The van der Waals surface area contributed by atoms with Crippen molar-refractivity contribution in [2.24, 2.45) is 0 Å². The first-order valence-electron chi connectivity index (χ1n) is 8.69. The van der Waals surface area contributed by atoms with Gasteiger partial charge in [0, 0.05) is 0 Å². The summed E-state index contributed by atoms with van der Waals surface area (Å²) in [4.78, 5) is 0. The van der Waals surface area contributed by atoms with Gasteiger partial charge >= 0.3 is 0 Å². The Morgan fingerprint density at radius 1 is 0.810 bits per heavy atom. The molecule has 1 aliphatic rings. The lowest BCUT2D eigenvalue weighted by molar-refractivity contribution is 0.375. The van der Waals surface area contributed by atoms with E-state index in [1.807, 2.05) is 0 Å². The van der Waals surface area contributed by atoms with E-state index >= 15 is 0 Å². The monoisotopic (exact) mass is 288 g/mol. The third kappa shape index (κ3) is 10.3. The van der Waals surface area contributed by atoms with Gasteiger partial charge in [-0.3, -0.25) is 0 Å². The largest absolute Gasteiger partial charge is 0.365 e. The topological polar surface area (TPSA) is 12.5 Å². The number of ether oxygens (including phenoxy) is 1. The van der Waals surface area contributed by atoms with Crippen molar-refractivity contribution in [3.05, 3.63) is 48.6 Å². The number of hydrogen-bond donors (Lipinski definition) is 0. The highest BCUT2D eigenvalue weighted by atomic mass is 16.6. The third-order valence-corrected chi connectivity index (χ3v) is 3.65. The second-order valence-electron chi connectivity index (χ2n) is 5.68. The molecule has 1 heterocycles. The molecule has 21 heavy (non-hydrogen) atoms. The standard InChI is InChI=1S/C20H32O/c1-3-5-7-8-9-10-11-12-13-14-15-16-18-20-19(21-20)17-6-4-2/h9-10,12-16,18-20H,3-8,11,17H2,1-2H3/t19-,20-/m0/s1. The Morgan fingerprint density at radius 2 is 1.62 bits per heavy atom. The van der Waals surface area contributed by atoms with Crippen LogP contribution in [0.4, 0.5) is 0 Å². The van der Waals surface area contributed by atoms with Crippen molar-refractivity contribution in [2.75, 3.05) is 0 Å². The molecule has 0 aromatic heterocycles. The average molecular weight is 288 g/mol. The molecule has 1 saturated heterocycles. The Kier molecular flexibility index (Phi) is 10.8. The minimum atomic E-state index is 0.372. The molecule has 0 aromatic rings. The minimum absolute atomic E-state index is 0.372. The predicted octanol–water partition coefficient (Wildman–Crippen LogP) is 6.14. The Labute approximate surface area is 131 Å². The normalized spacial score (nSPS) is 22.4. The molecule has 1 nitrogen and oxygen atoms in total. The summed E-state index contributed by atoms with van der Waals surface area (Å²) in [5, 5.41) is 0. The van der Waals surface area contributed by atoms with Crippen molar-refractivity contribution in [2.45, 2.75) is 77.4 Å². The molecule has 1 fully saturated rings. The molecule has 0 unspecified atom stereocenters. The van der Waals surface area contributed by atoms with Gasteiger partial charge in [-0.15, -0.1) is 0 Å². The predicted molar refractivity (Wildman–Crippen MR) is 93.5 cm³/mol. The number of allylic oxidation sites excluding steroid dienone is 7. The van der Waals surface area contributed by atoms with Gasteiger partial charge in [-0.2, -0.15) is 0 Å². The zero-order valence-corrected chi connectivity index (χ0v) is 13.8. The maximum absolute atomic E-state index is 5.57. The number of epoxide rings is 1. The molecule has 0 radical (unpaired) electrons. The van der Waals surface area contributed by atoms with Gasteiger partial charge in [0.15, 0.2) is 0 Å². The zero-order valence-electron chi connectivity index (χ0n) is 13.8. The first kappa shape index (κ1) is 18.0. The van der Waals surface area contributed by atoms with E-state index in [1.165, 1.54) is 44.9 Å². The molecule has 0 aliphatic carbocycles. The fourth-order valence-electron chi connectivity index (χ4n) is 2.23. The fourth-order valence-corrected chi connectivity index (χ4v) is 2.23. The van der Waals surface area contributed by atoms with Crippen LogP contribution in [-0.4, -0.2) is 12.2 Å². The van der Waals surface area contributed by atoms with Crippen LogP contribution in [0.25, 0.3) is 0 Å². The van der Waals surface area contributed by atoms with Crippen LogP contribution in [0.3, 0.4) is 0 Å². The highest BCUT2D eigenvalue weighted by Gasteiger charge is 2.34. The van der Waals surface area contributed by atoms with Crippen LogP contribution in [0.5, 0.6) is 0 Å². The summed E-state index contributed by atoms with van der Waals surface area (Å²) in [7, 11) is 0. The summed E-state index contributed by atoms with van der Waals surface area (Å²) in [6.45, 7) is 4.47. The second-order valence-corrected chi connectivity index (χ2v) is 5.68. The van der Waals surface area contributed by atoms with Crippen molar-refractivity contribution in [1.29, 1.82) is 0 Å². The van der Waals surface area contributed by atoms with Crippen LogP contribution >= 0.6 is 0 Å². The van der Waals surface area contributed by atoms with Crippen molar-refractivity contribution in [1.82, 2.24) is 0 Å². The van der Waals surface area contributed by atoms with E-state index < -0.39 is 0 Å². The minimum Gasteiger partial charge on any atom is -0.365 e. The molecular formula is C20H32O. The van der Waals surface area contributed by atoms with Crippen LogP contribution < -0.4 is 0 Å². The van der Waals surface area contributed by atoms with E-state index in [1.54, 1.807) is 0 Å². The SMILES string of the molecule is CCCCCC=CCC=CC=CC=C[C@@H]1O[C@H]1CCCC. The molecule has 0 spiro atoms. The van der Waals surface area contributed by atoms with Gasteiger partial charge in [0.1, 0.15) is 6.10 Å². The van der Waals surface area contributed by atoms with E-state index in [2.05, 4.69) is 62.5 Å². The van der Waals surface area contributed by atoms with Gasteiger partial charge in [0.2, 0.25) is 0 Å². The van der Waals surface area contributed by atoms with Gasteiger partial charge < -0.3 is 4.74 Å². The smallest absolute Gasteiger partial charge is 0.103 e. The summed E-state index contributed by atoms with van der Waals surface area (Å²) < 4.78 is 5.57. The second kappa shape index (κ2) is 12.6. The molecular weight excluding hydrogens is 256 g/mol. The van der Waals surface area contributed by atoms with Crippen LogP contribution in [0.15, 0.2) is 48.6 Å². The molecule has 2 atom stereocenters. The van der Waals surface area contributed by atoms with Crippen molar-refractivity contribution in [3.8, 4) is 0 Å². The molecule has 0 amide bonds. The fraction of sp³-hybridized carbons (Fsp3) is 0.600. The maximum Gasteiger partial charge on any atom is 0.103 e. The lowest BCUT2D eigenvalue weighted by atomic mass is 10.1. The van der Waals surface area contributed by atoms with E-state index in [4.69, 9.17) is 4.74 Å². The molecule has 1 aliphatic heterocycles. The number of hydrogen-bond acceptors (Lipinski definition) is 1. The molecule has 0 bridgehead atoms. The molecule has 1 heteroatoms. The van der Waals surface area contributed by atoms with Gasteiger partial charge in [-0.25, -0.2) is 0 Å². The van der Waals surface area contributed by atoms with Gasteiger partial charge in [0.05, 0.1) is 6.10 Å². The lowest BCUT2D eigenvalue weighted by Crippen LogP contribution is -1.89. The Bertz CT molecular complexity index is 349. The Balaban J connectivity index is 1.98. The molecule has 118 valence electrons. The van der Waals surface area contributed by atoms with E-state index in [0.29, 0.717) is 12.2 Å². The highest BCUT2D eigenvalue weighted by Crippen LogP contribution is 2.27. The molecule has 1 rings (SSSR count). The van der Waals surface area contributed by atoms with E-state index in [-0.39, 0.29) is 0 Å². The van der Waals surface area contributed by atoms with Crippen LogP contribution in [-0.2, 0) is 4.74 Å². The van der Waals surface area contributed by atoms with Crippen molar-refractivity contribution < 1.29 is 4.74 Å². The van der Waals surface area contributed by atoms with Gasteiger partial charge in [-0.1, -0.05) is 88.1 Å². The number of rotatable bonds is 12. The molecule has 0 saturated carbocycles. The quantitative estimate of drug-likeness (QED) is 0.182. The summed E-state index contributed by atoms with van der Waals surface area (Å²) in [6, 6.07) is 0. The summed E-state index contributed by atoms with van der Waals surface area (Å²) in [5.41, 5.74) is 0. The van der Waals surface area contributed by atoms with E-state index in [9.17, 15) is 0 Å². The van der Waals surface area contributed by atoms with Crippen LogP contribution in [0.1, 0.15) is 65.2 Å². The molecule has 0 N–H and O–H groups in total. The van der Waals surface area contributed by atoms with Crippen LogP contribution in [0, 0.1) is 0 Å². The summed E-state index contributed by atoms with van der Waals surface area (Å²) in [5.74, 6) is 0. The first-order valence-corrected chi connectivity index (χ1v) is 8.69. The maximum atomic E-state index is 5.57. The van der Waals surface area contributed by atoms with Crippen molar-refractivity contribution >= 4 is 0 Å². The van der Waals surface area contributed by atoms with Crippen LogP contribution in [0.2, 0.25) is 0 Å². The highest BCUT2D eigenvalue weighted by molar-refractivity contribution is 5.15. The van der Waals surface area contributed by atoms with E-state index in [0.717, 1.165) is 6.42 Å². The summed E-state index contributed by atoms with van der Waals surface area (Å²) >= 11 is 0.